The van der Waals surface area contributed by atoms with E-state index in [4.69, 9.17) is 0 Å². The van der Waals surface area contributed by atoms with Gasteiger partial charge in [0.05, 0.1) is 11.4 Å². The van der Waals surface area contributed by atoms with E-state index in [0.717, 1.165) is 37.3 Å². The molecule has 7 nitrogen and oxygen atoms in total. The Bertz CT molecular complexity index is 781. The number of piperazine rings is 1. The lowest BCUT2D eigenvalue weighted by molar-refractivity contribution is 0.181. The van der Waals surface area contributed by atoms with E-state index < -0.39 is 10.0 Å². The minimum Gasteiger partial charge on any atom is -0.299 e. The first-order valence-corrected chi connectivity index (χ1v) is 9.53. The summed E-state index contributed by atoms with van der Waals surface area (Å²) in [7, 11) is -3.41. The second-order valence-electron chi connectivity index (χ2n) is 6.17. The largest absolute Gasteiger partial charge is 0.299 e. The predicted molar refractivity (Wildman–Crippen MR) is 91.1 cm³/mol. The zero-order valence-electron chi connectivity index (χ0n) is 14.1. The van der Waals surface area contributed by atoms with Crippen molar-refractivity contribution in [2.24, 2.45) is 0 Å². The fourth-order valence-electron chi connectivity index (χ4n) is 3.01. The molecular formula is C16H23N5O2S. The Morgan fingerprint density at radius 3 is 2.46 bits per heavy atom. The van der Waals surface area contributed by atoms with Crippen molar-refractivity contribution in [1.82, 2.24) is 24.0 Å². The highest BCUT2D eigenvalue weighted by molar-refractivity contribution is 7.89. The monoisotopic (exact) mass is 349 g/mol. The first-order chi connectivity index (χ1) is 11.5. The third-order valence-corrected chi connectivity index (χ3v) is 6.45. The molecule has 0 radical (unpaired) electrons. The summed E-state index contributed by atoms with van der Waals surface area (Å²) in [4.78, 5) is 6.60. The van der Waals surface area contributed by atoms with Crippen molar-refractivity contribution in [3.8, 4) is 0 Å². The fourth-order valence-corrected chi connectivity index (χ4v) is 4.64. The van der Waals surface area contributed by atoms with Crippen LogP contribution >= 0.6 is 0 Å². The molecule has 0 amide bonds. The molecule has 130 valence electrons. The number of rotatable bonds is 5. The smallest absolute Gasteiger partial charge is 0.243 e. The van der Waals surface area contributed by atoms with E-state index >= 15 is 0 Å². The molecule has 0 bridgehead atoms. The third-order valence-electron chi connectivity index (χ3n) is 4.39. The van der Waals surface area contributed by atoms with E-state index in [1.165, 1.54) is 6.33 Å². The molecular weight excluding hydrogens is 326 g/mol. The van der Waals surface area contributed by atoms with Gasteiger partial charge in [-0.05, 0) is 25.5 Å². The van der Waals surface area contributed by atoms with Gasteiger partial charge in [-0.1, -0.05) is 17.7 Å². The van der Waals surface area contributed by atoms with Crippen molar-refractivity contribution in [3.63, 3.8) is 0 Å². The standard InChI is InChI=1S/C16H23N5O2S/c1-14-3-4-16(15(2)11-14)24(22,23)21-9-6-19(7-10-21)5-8-20-13-17-12-18-20/h3-4,11-13H,5-10H2,1-2H3. The molecule has 1 aromatic carbocycles. The van der Waals surface area contributed by atoms with Crippen molar-refractivity contribution >= 4 is 10.0 Å². The Kier molecular flexibility index (Phi) is 4.98. The molecule has 0 unspecified atom stereocenters. The van der Waals surface area contributed by atoms with Crippen LogP contribution in [-0.4, -0.2) is 65.1 Å². The Morgan fingerprint density at radius 2 is 1.83 bits per heavy atom. The minimum absolute atomic E-state index is 0.421. The van der Waals surface area contributed by atoms with E-state index in [9.17, 15) is 8.42 Å². The fraction of sp³-hybridized carbons (Fsp3) is 0.500. The zero-order valence-corrected chi connectivity index (χ0v) is 14.9. The van der Waals surface area contributed by atoms with Crippen molar-refractivity contribution in [2.45, 2.75) is 25.3 Å². The molecule has 0 saturated carbocycles. The third kappa shape index (κ3) is 3.66. The summed E-state index contributed by atoms with van der Waals surface area (Å²) >= 11 is 0. The Hall–Kier alpha value is -1.77. The molecule has 2 aromatic rings. The number of aryl methyl sites for hydroxylation is 2. The van der Waals surface area contributed by atoms with Crippen LogP contribution in [0, 0.1) is 13.8 Å². The Morgan fingerprint density at radius 1 is 1.08 bits per heavy atom. The quantitative estimate of drug-likeness (QED) is 0.802. The van der Waals surface area contributed by atoms with E-state index in [-0.39, 0.29) is 0 Å². The molecule has 2 heterocycles. The van der Waals surface area contributed by atoms with Gasteiger partial charge in [-0.3, -0.25) is 9.58 Å². The topological polar surface area (TPSA) is 71.3 Å². The van der Waals surface area contributed by atoms with Crippen molar-refractivity contribution in [2.75, 3.05) is 32.7 Å². The summed E-state index contributed by atoms with van der Waals surface area (Å²) in [5.74, 6) is 0. The molecule has 1 saturated heterocycles. The lowest BCUT2D eigenvalue weighted by atomic mass is 10.2. The van der Waals surface area contributed by atoms with Gasteiger partial charge in [-0.15, -0.1) is 0 Å². The molecule has 1 aromatic heterocycles. The average molecular weight is 349 g/mol. The van der Waals surface area contributed by atoms with E-state index in [2.05, 4.69) is 15.0 Å². The molecule has 8 heteroatoms. The van der Waals surface area contributed by atoms with Gasteiger partial charge in [-0.25, -0.2) is 13.4 Å². The minimum atomic E-state index is -3.41. The van der Waals surface area contributed by atoms with Crippen LogP contribution in [0.5, 0.6) is 0 Å². The van der Waals surface area contributed by atoms with Gasteiger partial charge >= 0.3 is 0 Å². The Balaban J connectivity index is 1.61. The average Bonchev–Trinajstić information content (AvgIpc) is 3.06. The molecule has 0 N–H and O–H groups in total. The number of sulfonamides is 1. The van der Waals surface area contributed by atoms with Crippen LogP contribution in [0.25, 0.3) is 0 Å². The van der Waals surface area contributed by atoms with Crippen molar-refractivity contribution < 1.29 is 8.42 Å². The molecule has 0 spiro atoms. The SMILES string of the molecule is Cc1ccc(S(=O)(=O)N2CCN(CCn3cncn3)CC2)c(C)c1. The number of hydrogen-bond donors (Lipinski definition) is 0. The normalized spacial score (nSPS) is 17.2. The zero-order chi connectivity index (χ0) is 17.2. The number of hydrogen-bond acceptors (Lipinski definition) is 5. The maximum atomic E-state index is 12.9. The highest BCUT2D eigenvalue weighted by Crippen LogP contribution is 2.22. The first-order valence-electron chi connectivity index (χ1n) is 8.09. The summed E-state index contributed by atoms with van der Waals surface area (Å²) in [6, 6.07) is 5.49. The summed E-state index contributed by atoms with van der Waals surface area (Å²) in [6.07, 6.45) is 3.22. The van der Waals surface area contributed by atoms with Crippen LogP contribution in [0.3, 0.4) is 0 Å². The molecule has 3 rings (SSSR count). The molecule has 24 heavy (non-hydrogen) atoms. The summed E-state index contributed by atoms with van der Waals surface area (Å²) in [6.45, 7) is 7.95. The van der Waals surface area contributed by atoms with Gasteiger partial charge in [-0.2, -0.15) is 9.40 Å². The number of aromatic nitrogens is 3. The molecule has 1 aliphatic heterocycles. The van der Waals surface area contributed by atoms with Gasteiger partial charge in [0.15, 0.2) is 0 Å². The van der Waals surface area contributed by atoms with E-state index in [1.807, 2.05) is 26.0 Å². The maximum absolute atomic E-state index is 12.9. The number of benzene rings is 1. The lowest BCUT2D eigenvalue weighted by Gasteiger charge is -2.34. The van der Waals surface area contributed by atoms with Gasteiger partial charge in [0.25, 0.3) is 0 Å². The maximum Gasteiger partial charge on any atom is 0.243 e. The summed E-state index contributed by atoms with van der Waals surface area (Å²) in [5, 5.41) is 4.08. The molecule has 0 atom stereocenters. The van der Waals surface area contributed by atoms with Gasteiger partial charge in [0.1, 0.15) is 12.7 Å². The van der Waals surface area contributed by atoms with Gasteiger partial charge in [0.2, 0.25) is 10.0 Å². The summed E-state index contributed by atoms with van der Waals surface area (Å²) < 4.78 is 29.1. The second kappa shape index (κ2) is 7.00. The highest BCUT2D eigenvalue weighted by Gasteiger charge is 2.29. The van der Waals surface area contributed by atoms with E-state index in [0.29, 0.717) is 18.0 Å². The van der Waals surface area contributed by atoms with Gasteiger partial charge in [0, 0.05) is 32.7 Å². The van der Waals surface area contributed by atoms with Crippen molar-refractivity contribution in [1.29, 1.82) is 0 Å². The molecule has 0 aliphatic carbocycles. The highest BCUT2D eigenvalue weighted by atomic mass is 32.2. The van der Waals surface area contributed by atoms with Crippen LogP contribution in [0.15, 0.2) is 35.7 Å². The number of nitrogens with zero attached hydrogens (tertiary/aromatic N) is 5. The van der Waals surface area contributed by atoms with Crippen LogP contribution in [0.4, 0.5) is 0 Å². The van der Waals surface area contributed by atoms with Crippen LogP contribution in [0.2, 0.25) is 0 Å². The van der Waals surface area contributed by atoms with Crippen LogP contribution in [0.1, 0.15) is 11.1 Å². The Labute approximate surface area is 143 Å². The second-order valence-corrected chi connectivity index (χ2v) is 8.08. The molecule has 1 fully saturated rings. The van der Waals surface area contributed by atoms with Crippen LogP contribution < -0.4 is 0 Å². The van der Waals surface area contributed by atoms with E-state index in [1.54, 1.807) is 21.4 Å². The molecule has 1 aliphatic rings. The van der Waals surface area contributed by atoms with Crippen molar-refractivity contribution in [3.05, 3.63) is 42.0 Å². The van der Waals surface area contributed by atoms with Gasteiger partial charge < -0.3 is 0 Å². The van der Waals surface area contributed by atoms with Crippen LogP contribution in [-0.2, 0) is 16.6 Å². The lowest BCUT2D eigenvalue weighted by Crippen LogP contribution is -2.49. The predicted octanol–water partition coefficient (Wildman–Crippen LogP) is 0.901. The first kappa shape index (κ1) is 17.1. The summed E-state index contributed by atoms with van der Waals surface area (Å²) in [5.41, 5.74) is 1.88.